The van der Waals surface area contributed by atoms with E-state index in [0.717, 1.165) is 12.2 Å². The minimum atomic E-state index is -0.428. The number of unbranched alkanes of at least 4 members (excludes halogenated alkanes) is 13. The van der Waals surface area contributed by atoms with Crippen LogP contribution in [0.3, 0.4) is 0 Å². The van der Waals surface area contributed by atoms with E-state index in [2.05, 4.69) is 6.92 Å². The van der Waals surface area contributed by atoms with Gasteiger partial charge in [0.1, 0.15) is 11.5 Å². The van der Waals surface area contributed by atoms with Crippen molar-refractivity contribution in [1.29, 1.82) is 5.26 Å². The average Bonchev–Trinajstić information content (AvgIpc) is 2.87. The summed E-state index contributed by atoms with van der Waals surface area (Å²) in [5.74, 6) is 0.759. The number of rotatable bonds is 18. The first-order valence-electron chi connectivity index (χ1n) is 13.2. The third-order valence-electron chi connectivity index (χ3n) is 6.05. The van der Waals surface area contributed by atoms with Gasteiger partial charge in [0.25, 0.3) is 0 Å². The third kappa shape index (κ3) is 11.9. The van der Waals surface area contributed by atoms with E-state index in [9.17, 15) is 4.79 Å². The largest absolute Gasteiger partial charge is 0.494 e. The molecule has 2 aromatic rings. The molecule has 0 radical (unpaired) electrons. The second-order valence-corrected chi connectivity index (χ2v) is 8.99. The molecule has 0 heterocycles. The zero-order valence-electron chi connectivity index (χ0n) is 20.9. The molecule has 0 aromatic heterocycles. The van der Waals surface area contributed by atoms with Crippen molar-refractivity contribution in [2.45, 2.75) is 96.8 Å². The number of hydrogen-bond acceptors (Lipinski definition) is 4. The Labute approximate surface area is 206 Å². The normalized spacial score (nSPS) is 10.6. The summed E-state index contributed by atoms with van der Waals surface area (Å²) < 4.78 is 11.1. The van der Waals surface area contributed by atoms with Crippen LogP contribution in [0.15, 0.2) is 48.5 Å². The Kier molecular flexibility index (Phi) is 14.2. The van der Waals surface area contributed by atoms with Gasteiger partial charge in [-0.1, -0.05) is 90.4 Å². The highest BCUT2D eigenvalue weighted by atomic mass is 16.5. The average molecular weight is 464 g/mol. The molecule has 0 aliphatic heterocycles. The molecule has 0 bridgehead atoms. The van der Waals surface area contributed by atoms with Crippen LogP contribution in [0.25, 0.3) is 0 Å². The maximum absolute atomic E-state index is 12.3. The van der Waals surface area contributed by atoms with Crippen LogP contribution in [0.2, 0.25) is 0 Å². The Hall–Kier alpha value is -2.80. The van der Waals surface area contributed by atoms with E-state index >= 15 is 0 Å². The number of carbonyl (C=O) groups is 1. The van der Waals surface area contributed by atoms with Crippen LogP contribution in [0, 0.1) is 11.3 Å². The van der Waals surface area contributed by atoms with Gasteiger partial charge in [0.15, 0.2) is 0 Å². The first-order valence-corrected chi connectivity index (χ1v) is 13.2. The van der Waals surface area contributed by atoms with Gasteiger partial charge in [-0.05, 0) is 55.0 Å². The van der Waals surface area contributed by atoms with Crippen LogP contribution in [0.5, 0.6) is 11.5 Å². The van der Waals surface area contributed by atoms with E-state index < -0.39 is 5.97 Å². The number of benzene rings is 2. The smallest absolute Gasteiger partial charge is 0.343 e. The maximum Gasteiger partial charge on any atom is 0.343 e. The second-order valence-electron chi connectivity index (χ2n) is 8.99. The SMILES string of the molecule is CCCCCCCCCCCCCCCCOc1ccc(C(=O)Oc2ccc(C#N)cc2)cc1. The number of nitriles is 1. The molecule has 0 amide bonds. The molecular weight excluding hydrogens is 422 g/mol. The summed E-state index contributed by atoms with van der Waals surface area (Å²) in [6.45, 7) is 2.97. The Balaban J connectivity index is 1.47. The van der Waals surface area contributed by atoms with E-state index in [1.165, 1.54) is 83.5 Å². The monoisotopic (exact) mass is 463 g/mol. The lowest BCUT2D eigenvalue weighted by molar-refractivity contribution is 0.0734. The Morgan fingerprint density at radius 1 is 0.676 bits per heavy atom. The van der Waals surface area contributed by atoms with Gasteiger partial charge >= 0.3 is 5.97 Å². The molecular formula is C30H41NO3. The van der Waals surface area contributed by atoms with Gasteiger partial charge in [0, 0.05) is 0 Å². The number of hydrogen-bond donors (Lipinski definition) is 0. The fourth-order valence-corrected chi connectivity index (χ4v) is 3.94. The Bertz CT molecular complexity index is 837. The molecule has 0 aliphatic carbocycles. The zero-order valence-corrected chi connectivity index (χ0v) is 20.9. The predicted molar refractivity (Wildman–Crippen MR) is 138 cm³/mol. The maximum atomic E-state index is 12.3. The van der Waals surface area contributed by atoms with Gasteiger partial charge in [0.05, 0.1) is 23.8 Å². The van der Waals surface area contributed by atoms with Crippen LogP contribution in [-0.2, 0) is 0 Å². The minimum Gasteiger partial charge on any atom is -0.494 e. The molecule has 184 valence electrons. The summed E-state index contributed by atoms with van der Waals surface area (Å²) in [5.41, 5.74) is 0.994. The highest BCUT2D eigenvalue weighted by Crippen LogP contribution is 2.17. The molecule has 0 N–H and O–H groups in total. The summed E-state index contributed by atoms with van der Waals surface area (Å²) >= 11 is 0. The van der Waals surface area contributed by atoms with Crippen LogP contribution in [0.4, 0.5) is 0 Å². The predicted octanol–water partition coefficient (Wildman–Crippen LogP) is 8.64. The Morgan fingerprint density at radius 3 is 1.65 bits per heavy atom. The number of ether oxygens (including phenoxy) is 2. The van der Waals surface area contributed by atoms with Gasteiger partial charge in [0.2, 0.25) is 0 Å². The summed E-state index contributed by atoms with van der Waals surface area (Å²) in [6.07, 6.45) is 18.8. The van der Waals surface area contributed by atoms with Crippen LogP contribution < -0.4 is 9.47 Å². The number of carbonyl (C=O) groups excluding carboxylic acids is 1. The van der Waals surface area contributed by atoms with Gasteiger partial charge < -0.3 is 9.47 Å². The van der Waals surface area contributed by atoms with Crippen molar-refractivity contribution in [3.8, 4) is 17.6 Å². The van der Waals surface area contributed by atoms with Crippen molar-refractivity contribution in [2.24, 2.45) is 0 Å². The van der Waals surface area contributed by atoms with Crippen LogP contribution >= 0.6 is 0 Å². The van der Waals surface area contributed by atoms with Crippen molar-refractivity contribution < 1.29 is 14.3 Å². The summed E-state index contributed by atoms with van der Waals surface area (Å²) in [4.78, 5) is 12.3. The van der Waals surface area contributed by atoms with E-state index in [4.69, 9.17) is 14.7 Å². The first kappa shape index (κ1) is 27.4. The lowest BCUT2D eigenvalue weighted by Gasteiger charge is -2.08. The lowest BCUT2D eigenvalue weighted by atomic mass is 10.0. The molecule has 0 saturated heterocycles. The van der Waals surface area contributed by atoms with E-state index in [-0.39, 0.29) is 0 Å². The molecule has 0 atom stereocenters. The number of esters is 1. The molecule has 0 aliphatic rings. The zero-order chi connectivity index (χ0) is 24.3. The molecule has 0 fully saturated rings. The molecule has 0 spiro atoms. The fourth-order valence-electron chi connectivity index (χ4n) is 3.94. The van der Waals surface area contributed by atoms with Gasteiger partial charge in [-0.3, -0.25) is 0 Å². The van der Waals surface area contributed by atoms with Crippen molar-refractivity contribution in [1.82, 2.24) is 0 Å². The second kappa shape index (κ2) is 17.6. The third-order valence-corrected chi connectivity index (χ3v) is 6.05. The van der Waals surface area contributed by atoms with E-state index in [0.29, 0.717) is 23.5 Å². The summed E-state index contributed by atoms with van der Waals surface area (Å²) in [6, 6.07) is 15.6. The number of nitrogens with zero attached hydrogens (tertiary/aromatic N) is 1. The Morgan fingerprint density at radius 2 is 1.15 bits per heavy atom. The van der Waals surface area contributed by atoms with Crippen molar-refractivity contribution in [3.63, 3.8) is 0 Å². The molecule has 0 unspecified atom stereocenters. The van der Waals surface area contributed by atoms with Crippen LogP contribution in [0.1, 0.15) is 113 Å². The topological polar surface area (TPSA) is 59.3 Å². The summed E-state index contributed by atoms with van der Waals surface area (Å²) in [5, 5.41) is 8.83. The lowest BCUT2D eigenvalue weighted by Crippen LogP contribution is -2.08. The van der Waals surface area contributed by atoms with Gasteiger partial charge in [-0.25, -0.2) is 4.79 Å². The minimum absolute atomic E-state index is 0.419. The molecule has 34 heavy (non-hydrogen) atoms. The van der Waals surface area contributed by atoms with Crippen molar-refractivity contribution in [3.05, 3.63) is 59.7 Å². The molecule has 2 aromatic carbocycles. The molecule has 4 nitrogen and oxygen atoms in total. The quantitative estimate of drug-likeness (QED) is 0.126. The molecule has 4 heteroatoms. The van der Waals surface area contributed by atoms with Crippen molar-refractivity contribution >= 4 is 5.97 Å². The van der Waals surface area contributed by atoms with Gasteiger partial charge in [-0.15, -0.1) is 0 Å². The molecule has 2 rings (SSSR count). The van der Waals surface area contributed by atoms with Crippen LogP contribution in [-0.4, -0.2) is 12.6 Å². The first-order chi connectivity index (χ1) is 16.7. The fraction of sp³-hybridized carbons (Fsp3) is 0.533. The standard InChI is InChI=1S/C30H41NO3/c1-2-3-4-5-6-7-8-9-10-11-12-13-14-15-24-33-28-22-18-27(19-23-28)30(32)34-29-20-16-26(25-31)17-21-29/h16-23H,2-15,24H2,1H3. The van der Waals surface area contributed by atoms with Gasteiger partial charge in [-0.2, -0.15) is 5.26 Å². The molecule has 0 saturated carbocycles. The van der Waals surface area contributed by atoms with Crippen molar-refractivity contribution in [2.75, 3.05) is 6.61 Å². The van der Waals surface area contributed by atoms with E-state index in [1.54, 1.807) is 48.5 Å². The highest BCUT2D eigenvalue weighted by Gasteiger charge is 2.09. The van der Waals surface area contributed by atoms with E-state index in [1.807, 2.05) is 6.07 Å². The highest BCUT2D eigenvalue weighted by molar-refractivity contribution is 5.91. The summed E-state index contributed by atoms with van der Waals surface area (Å²) in [7, 11) is 0.